The van der Waals surface area contributed by atoms with Gasteiger partial charge >= 0.3 is 0 Å². The average molecular weight is 309 g/mol. The molecular weight excluding hydrogens is 286 g/mol. The van der Waals surface area contributed by atoms with E-state index in [4.69, 9.17) is 9.47 Å². The number of nitrogens with one attached hydrogen (secondary N) is 1. The van der Waals surface area contributed by atoms with Crippen molar-refractivity contribution in [1.29, 1.82) is 0 Å². The predicted molar refractivity (Wildman–Crippen MR) is 80.5 cm³/mol. The lowest BCUT2D eigenvalue weighted by molar-refractivity contribution is -0.130. The number of aliphatic hydroxyl groups excluding tert-OH is 2. The first-order valence-corrected chi connectivity index (χ1v) is 7.38. The van der Waals surface area contributed by atoms with Crippen LogP contribution in [0.25, 0.3) is 0 Å². The van der Waals surface area contributed by atoms with Crippen LogP contribution in [-0.2, 0) is 9.53 Å². The van der Waals surface area contributed by atoms with E-state index in [0.717, 1.165) is 0 Å². The largest absolute Gasteiger partial charge is 0.497 e. The summed E-state index contributed by atoms with van der Waals surface area (Å²) in [6.45, 7) is 1.49. The molecule has 3 N–H and O–H groups in total. The first kappa shape index (κ1) is 16.7. The van der Waals surface area contributed by atoms with Crippen LogP contribution >= 0.6 is 0 Å². The molecule has 1 aliphatic rings. The summed E-state index contributed by atoms with van der Waals surface area (Å²) >= 11 is 0. The van der Waals surface area contributed by atoms with Crippen LogP contribution < -0.4 is 10.1 Å². The van der Waals surface area contributed by atoms with Crippen LogP contribution in [-0.4, -0.2) is 49.6 Å². The zero-order chi connectivity index (χ0) is 16.0. The Labute approximate surface area is 130 Å². The van der Waals surface area contributed by atoms with E-state index in [2.05, 4.69) is 5.32 Å². The van der Waals surface area contributed by atoms with Crippen molar-refractivity contribution in [3.63, 3.8) is 0 Å². The molecule has 1 atom stereocenters. The number of hydrogen-bond acceptors (Lipinski definition) is 5. The molecule has 0 aromatic heterocycles. The first-order chi connectivity index (χ1) is 10.6. The highest BCUT2D eigenvalue weighted by Gasteiger charge is 2.33. The van der Waals surface area contributed by atoms with E-state index >= 15 is 0 Å². The number of carbonyl (C=O) groups is 1. The number of ether oxygens (including phenoxy) is 2. The molecule has 22 heavy (non-hydrogen) atoms. The second-order valence-electron chi connectivity index (χ2n) is 5.66. The first-order valence-electron chi connectivity index (χ1n) is 7.38. The quantitative estimate of drug-likeness (QED) is 0.717. The lowest BCUT2D eigenvalue weighted by atomic mass is 9.81. The van der Waals surface area contributed by atoms with Gasteiger partial charge in [-0.25, -0.2) is 0 Å². The standard InChI is InChI=1S/C16H23NO5/c1-21-13-4-2-12(3-5-13)14(19)15(20)17-10-16(11-18)6-8-22-9-7-16/h2-5,14,18-19H,6-11H2,1H3,(H,17,20)/t14-/m0/s1. The van der Waals surface area contributed by atoms with Crippen molar-refractivity contribution in [2.45, 2.75) is 18.9 Å². The fourth-order valence-electron chi connectivity index (χ4n) is 2.50. The molecule has 0 aliphatic carbocycles. The van der Waals surface area contributed by atoms with E-state index in [9.17, 15) is 15.0 Å². The number of aliphatic hydroxyl groups is 2. The molecule has 1 amide bonds. The lowest BCUT2D eigenvalue weighted by Gasteiger charge is -2.35. The molecule has 1 aliphatic heterocycles. The Bertz CT molecular complexity index is 482. The second-order valence-corrected chi connectivity index (χ2v) is 5.66. The third kappa shape index (κ3) is 3.97. The lowest BCUT2D eigenvalue weighted by Crippen LogP contribution is -2.44. The van der Waals surface area contributed by atoms with Gasteiger partial charge in [-0.15, -0.1) is 0 Å². The highest BCUT2D eigenvalue weighted by Crippen LogP contribution is 2.29. The Morgan fingerprint density at radius 3 is 2.55 bits per heavy atom. The molecule has 1 fully saturated rings. The van der Waals surface area contributed by atoms with E-state index < -0.39 is 12.0 Å². The van der Waals surface area contributed by atoms with Crippen LogP contribution in [0.1, 0.15) is 24.5 Å². The summed E-state index contributed by atoms with van der Waals surface area (Å²) in [6.07, 6.45) is 0.159. The van der Waals surface area contributed by atoms with Crippen LogP contribution in [0.4, 0.5) is 0 Å². The van der Waals surface area contributed by atoms with Gasteiger partial charge in [0.05, 0.1) is 13.7 Å². The molecular formula is C16H23NO5. The molecule has 1 aromatic rings. The summed E-state index contributed by atoms with van der Waals surface area (Å²) in [5.74, 6) is 0.197. The van der Waals surface area contributed by atoms with E-state index in [1.54, 1.807) is 31.4 Å². The second kappa shape index (κ2) is 7.58. The van der Waals surface area contributed by atoms with Gasteiger partial charge in [0.1, 0.15) is 5.75 Å². The Hall–Kier alpha value is -1.63. The molecule has 0 radical (unpaired) electrons. The van der Waals surface area contributed by atoms with Gasteiger partial charge in [0, 0.05) is 25.2 Å². The predicted octanol–water partition coefficient (Wildman–Crippen LogP) is 0.634. The number of amides is 1. The van der Waals surface area contributed by atoms with Crippen molar-refractivity contribution in [1.82, 2.24) is 5.32 Å². The Kier molecular flexibility index (Phi) is 5.76. The summed E-state index contributed by atoms with van der Waals surface area (Å²) in [4.78, 5) is 12.1. The van der Waals surface area contributed by atoms with Crippen molar-refractivity contribution in [3.8, 4) is 5.75 Å². The van der Waals surface area contributed by atoms with Gasteiger partial charge in [-0.05, 0) is 30.5 Å². The van der Waals surface area contributed by atoms with Crippen LogP contribution in [0.15, 0.2) is 24.3 Å². The van der Waals surface area contributed by atoms with Gasteiger partial charge < -0.3 is 25.0 Å². The van der Waals surface area contributed by atoms with Crippen molar-refractivity contribution < 1.29 is 24.5 Å². The van der Waals surface area contributed by atoms with Gasteiger partial charge in [-0.2, -0.15) is 0 Å². The van der Waals surface area contributed by atoms with E-state index in [-0.39, 0.29) is 12.0 Å². The number of hydrogen-bond donors (Lipinski definition) is 3. The zero-order valence-corrected chi connectivity index (χ0v) is 12.7. The number of methoxy groups -OCH3 is 1. The normalized spacial score (nSPS) is 18.5. The maximum Gasteiger partial charge on any atom is 0.253 e. The third-order valence-corrected chi connectivity index (χ3v) is 4.21. The fraction of sp³-hybridized carbons (Fsp3) is 0.562. The molecule has 1 aromatic carbocycles. The minimum atomic E-state index is -1.23. The Morgan fingerprint density at radius 1 is 1.36 bits per heavy atom. The molecule has 1 saturated heterocycles. The molecule has 0 unspecified atom stereocenters. The molecule has 0 spiro atoms. The zero-order valence-electron chi connectivity index (χ0n) is 12.7. The number of rotatable bonds is 6. The van der Waals surface area contributed by atoms with E-state index in [1.165, 1.54) is 0 Å². The van der Waals surface area contributed by atoms with Gasteiger partial charge in [-0.3, -0.25) is 4.79 Å². The average Bonchev–Trinajstić information content (AvgIpc) is 2.60. The summed E-state index contributed by atoms with van der Waals surface area (Å²) in [6, 6.07) is 6.69. The molecule has 122 valence electrons. The van der Waals surface area contributed by atoms with Gasteiger partial charge in [-0.1, -0.05) is 12.1 Å². The molecule has 0 saturated carbocycles. The monoisotopic (exact) mass is 309 g/mol. The summed E-state index contributed by atoms with van der Waals surface area (Å²) in [5, 5.41) is 22.4. The molecule has 2 rings (SSSR count). The van der Waals surface area contributed by atoms with Crippen molar-refractivity contribution in [2.75, 3.05) is 33.5 Å². The van der Waals surface area contributed by atoms with Crippen molar-refractivity contribution >= 4 is 5.91 Å². The smallest absolute Gasteiger partial charge is 0.253 e. The molecule has 6 nitrogen and oxygen atoms in total. The van der Waals surface area contributed by atoms with Crippen molar-refractivity contribution in [3.05, 3.63) is 29.8 Å². The Balaban J connectivity index is 1.92. The van der Waals surface area contributed by atoms with Crippen LogP contribution in [0.2, 0.25) is 0 Å². The molecule has 1 heterocycles. The molecule has 6 heteroatoms. The summed E-state index contributed by atoms with van der Waals surface area (Å²) in [5.41, 5.74) is 0.149. The number of carbonyl (C=O) groups excluding carboxylic acids is 1. The van der Waals surface area contributed by atoms with Gasteiger partial charge in [0.25, 0.3) is 5.91 Å². The molecule has 0 bridgehead atoms. The van der Waals surface area contributed by atoms with Gasteiger partial charge in [0.2, 0.25) is 0 Å². The topological polar surface area (TPSA) is 88.0 Å². The highest BCUT2D eigenvalue weighted by atomic mass is 16.5. The summed E-state index contributed by atoms with van der Waals surface area (Å²) < 4.78 is 10.3. The van der Waals surface area contributed by atoms with E-state index in [0.29, 0.717) is 43.9 Å². The van der Waals surface area contributed by atoms with Crippen LogP contribution in [0.3, 0.4) is 0 Å². The third-order valence-electron chi connectivity index (χ3n) is 4.21. The number of benzene rings is 1. The minimum Gasteiger partial charge on any atom is -0.497 e. The van der Waals surface area contributed by atoms with E-state index in [1.807, 2.05) is 0 Å². The van der Waals surface area contributed by atoms with Crippen molar-refractivity contribution in [2.24, 2.45) is 5.41 Å². The Morgan fingerprint density at radius 2 is 2.00 bits per heavy atom. The SMILES string of the molecule is COc1ccc([C@H](O)C(=O)NCC2(CO)CCOCC2)cc1. The van der Waals surface area contributed by atoms with Crippen LogP contribution in [0, 0.1) is 5.41 Å². The highest BCUT2D eigenvalue weighted by molar-refractivity contribution is 5.81. The summed E-state index contributed by atoms with van der Waals surface area (Å²) in [7, 11) is 1.56. The van der Waals surface area contributed by atoms with Gasteiger partial charge in [0.15, 0.2) is 6.10 Å². The maximum atomic E-state index is 12.1. The maximum absolute atomic E-state index is 12.1. The minimum absolute atomic E-state index is 0.00469. The fourth-order valence-corrected chi connectivity index (χ4v) is 2.50. The van der Waals surface area contributed by atoms with Crippen LogP contribution in [0.5, 0.6) is 5.75 Å².